The van der Waals surface area contributed by atoms with Gasteiger partial charge in [-0.3, -0.25) is 4.98 Å². The first kappa shape index (κ1) is 13.4. The quantitative estimate of drug-likeness (QED) is 0.396. The summed E-state index contributed by atoms with van der Waals surface area (Å²) in [6, 6.07) is 14.1. The van der Waals surface area contributed by atoms with Crippen molar-refractivity contribution in [2.75, 3.05) is 31.1 Å². The molecule has 1 aliphatic heterocycles. The van der Waals surface area contributed by atoms with Crippen LogP contribution in [0.2, 0.25) is 0 Å². The van der Waals surface area contributed by atoms with Crippen LogP contribution in [0.25, 0.3) is 0 Å². The van der Waals surface area contributed by atoms with Crippen LogP contribution < -0.4 is 4.90 Å². The molecule has 5 heteroatoms. The van der Waals surface area contributed by atoms with Gasteiger partial charge in [-0.25, -0.2) is 0 Å². The highest BCUT2D eigenvalue weighted by molar-refractivity contribution is 5.98. The van der Waals surface area contributed by atoms with Crippen molar-refractivity contribution in [2.24, 2.45) is 5.16 Å². The largest absolute Gasteiger partial charge is 0.409 e. The third-order valence-corrected chi connectivity index (χ3v) is 3.72. The minimum Gasteiger partial charge on any atom is -0.409 e. The third-order valence-electron chi connectivity index (χ3n) is 3.72. The average Bonchev–Trinajstić information content (AvgIpc) is 2.58. The average molecular weight is 282 g/mol. The van der Waals surface area contributed by atoms with Crippen molar-refractivity contribution >= 4 is 11.5 Å². The third kappa shape index (κ3) is 2.97. The number of para-hydroxylation sites is 1. The van der Waals surface area contributed by atoms with Gasteiger partial charge in [-0.1, -0.05) is 23.4 Å². The number of oxime groups is 1. The van der Waals surface area contributed by atoms with Crippen LogP contribution in [0.3, 0.4) is 0 Å². The first-order chi connectivity index (χ1) is 10.4. The molecule has 21 heavy (non-hydrogen) atoms. The number of piperazine rings is 1. The highest BCUT2D eigenvalue weighted by atomic mass is 16.4. The Hall–Kier alpha value is -2.56. The number of nitrogens with zero attached hydrogens (tertiary/aromatic N) is 4. The molecule has 5 nitrogen and oxygen atoms in total. The number of aromatic nitrogens is 1. The minimum absolute atomic E-state index is 0.593. The lowest BCUT2D eigenvalue weighted by molar-refractivity contribution is 0.296. The van der Waals surface area contributed by atoms with E-state index < -0.39 is 0 Å². The zero-order valence-electron chi connectivity index (χ0n) is 11.8. The van der Waals surface area contributed by atoms with Crippen LogP contribution in [0, 0.1) is 0 Å². The maximum Gasteiger partial charge on any atom is 0.176 e. The van der Waals surface area contributed by atoms with Gasteiger partial charge in [0.2, 0.25) is 0 Å². The normalized spacial score (nSPS) is 16.1. The van der Waals surface area contributed by atoms with Gasteiger partial charge < -0.3 is 15.0 Å². The fourth-order valence-corrected chi connectivity index (χ4v) is 2.61. The summed E-state index contributed by atoms with van der Waals surface area (Å²) >= 11 is 0. The number of pyridine rings is 1. The second kappa shape index (κ2) is 6.26. The molecule has 108 valence electrons. The fraction of sp³-hybridized carbons (Fsp3) is 0.250. The van der Waals surface area contributed by atoms with E-state index >= 15 is 0 Å². The Morgan fingerprint density at radius 3 is 2.38 bits per heavy atom. The summed E-state index contributed by atoms with van der Waals surface area (Å²) in [5.41, 5.74) is 2.08. The van der Waals surface area contributed by atoms with Gasteiger partial charge in [-0.05, 0) is 24.3 Å². The SMILES string of the molecule is O/N=C(/c1cccnc1)N1CCN(c2ccccc2)CC1. The summed E-state index contributed by atoms with van der Waals surface area (Å²) in [5.74, 6) is 0.593. The molecule has 1 aromatic carbocycles. The van der Waals surface area contributed by atoms with Crippen molar-refractivity contribution < 1.29 is 5.21 Å². The molecular weight excluding hydrogens is 264 g/mol. The fourth-order valence-electron chi connectivity index (χ4n) is 2.61. The molecule has 0 bridgehead atoms. The summed E-state index contributed by atoms with van der Waals surface area (Å²) in [4.78, 5) is 8.52. The molecule has 0 amide bonds. The molecule has 1 aliphatic rings. The van der Waals surface area contributed by atoms with Gasteiger partial charge in [0.05, 0.1) is 0 Å². The lowest BCUT2D eigenvalue weighted by Crippen LogP contribution is -2.49. The van der Waals surface area contributed by atoms with Crippen molar-refractivity contribution in [3.63, 3.8) is 0 Å². The number of benzene rings is 1. The molecule has 0 atom stereocenters. The van der Waals surface area contributed by atoms with Gasteiger partial charge in [0.15, 0.2) is 5.84 Å². The lowest BCUT2D eigenvalue weighted by Gasteiger charge is -2.37. The maximum atomic E-state index is 9.32. The lowest BCUT2D eigenvalue weighted by atomic mass is 10.2. The van der Waals surface area contributed by atoms with E-state index in [4.69, 9.17) is 0 Å². The standard InChI is InChI=1S/C16H18N4O/c21-18-16(14-5-4-8-17-13-14)20-11-9-19(10-12-20)15-6-2-1-3-7-15/h1-8,13,21H,9-12H2/b18-16-. The van der Waals surface area contributed by atoms with Gasteiger partial charge in [-0.15, -0.1) is 0 Å². The smallest absolute Gasteiger partial charge is 0.176 e. The van der Waals surface area contributed by atoms with E-state index in [2.05, 4.69) is 44.2 Å². The first-order valence-electron chi connectivity index (χ1n) is 7.06. The van der Waals surface area contributed by atoms with Crippen LogP contribution >= 0.6 is 0 Å². The maximum absolute atomic E-state index is 9.32. The van der Waals surface area contributed by atoms with E-state index in [0.29, 0.717) is 5.84 Å². The summed E-state index contributed by atoms with van der Waals surface area (Å²) < 4.78 is 0. The van der Waals surface area contributed by atoms with Crippen molar-refractivity contribution in [1.82, 2.24) is 9.88 Å². The van der Waals surface area contributed by atoms with Crippen molar-refractivity contribution in [3.8, 4) is 0 Å². The molecule has 0 unspecified atom stereocenters. The minimum atomic E-state index is 0.593. The number of hydrogen-bond acceptors (Lipinski definition) is 4. The molecule has 2 aromatic rings. The van der Waals surface area contributed by atoms with Crippen LogP contribution in [0.5, 0.6) is 0 Å². The van der Waals surface area contributed by atoms with Crippen molar-refractivity contribution in [2.45, 2.75) is 0 Å². The van der Waals surface area contributed by atoms with Gasteiger partial charge in [0.1, 0.15) is 0 Å². The molecule has 1 saturated heterocycles. The van der Waals surface area contributed by atoms with E-state index in [1.54, 1.807) is 12.4 Å². The van der Waals surface area contributed by atoms with Crippen molar-refractivity contribution in [3.05, 3.63) is 60.4 Å². The Balaban J connectivity index is 1.68. The molecular formula is C16H18N4O. The number of anilines is 1. The zero-order valence-corrected chi connectivity index (χ0v) is 11.8. The number of hydrogen-bond donors (Lipinski definition) is 1. The predicted octanol–water partition coefficient (Wildman–Crippen LogP) is 2.04. The topological polar surface area (TPSA) is 52.0 Å². The molecule has 0 saturated carbocycles. The monoisotopic (exact) mass is 282 g/mol. The van der Waals surface area contributed by atoms with E-state index in [1.807, 2.05) is 18.2 Å². The Kier molecular flexibility index (Phi) is 4.00. The summed E-state index contributed by atoms with van der Waals surface area (Å²) in [7, 11) is 0. The first-order valence-corrected chi connectivity index (χ1v) is 7.06. The van der Waals surface area contributed by atoms with E-state index in [9.17, 15) is 5.21 Å². The van der Waals surface area contributed by atoms with Crippen LogP contribution in [0.1, 0.15) is 5.56 Å². The molecule has 1 aromatic heterocycles. The van der Waals surface area contributed by atoms with E-state index in [1.165, 1.54) is 5.69 Å². The Bertz CT molecular complexity index is 592. The Morgan fingerprint density at radius 2 is 1.76 bits per heavy atom. The second-order valence-electron chi connectivity index (χ2n) is 4.97. The number of rotatable bonds is 2. The molecule has 0 spiro atoms. The van der Waals surface area contributed by atoms with Gasteiger partial charge >= 0.3 is 0 Å². The molecule has 1 N–H and O–H groups in total. The zero-order chi connectivity index (χ0) is 14.5. The molecule has 0 radical (unpaired) electrons. The highest BCUT2D eigenvalue weighted by Crippen LogP contribution is 2.16. The van der Waals surface area contributed by atoms with Crippen LogP contribution in [-0.4, -0.2) is 47.1 Å². The molecule has 2 heterocycles. The summed E-state index contributed by atoms with van der Waals surface area (Å²) in [6.07, 6.45) is 3.43. The highest BCUT2D eigenvalue weighted by Gasteiger charge is 2.21. The second-order valence-corrected chi connectivity index (χ2v) is 4.97. The summed E-state index contributed by atoms with van der Waals surface area (Å²) in [5, 5.41) is 12.8. The predicted molar refractivity (Wildman–Crippen MR) is 82.8 cm³/mol. The molecule has 0 aliphatic carbocycles. The molecule has 3 rings (SSSR count). The molecule has 1 fully saturated rings. The van der Waals surface area contributed by atoms with E-state index in [0.717, 1.165) is 31.7 Å². The van der Waals surface area contributed by atoms with Gasteiger partial charge in [-0.2, -0.15) is 0 Å². The van der Waals surface area contributed by atoms with Crippen molar-refractivity contribution in [1.29, 1.82) is 0 Å². The Morgan fingerprint density at radius 1 is 1.00 bits per heavy atom. The van der Waals surface area contributed by atoms with E-state index in [-0.39, 0.29) is 0 Å². The van der Waals surface area contributed by atoms with Crippen LogP contribution in [0.4, 0.5) is 5.69 Å². The van der Waals surface area contributed by atoms with Gasteiger partial charge in [0.25, 0.3) is 0 Å². The summed E-state index contributed by atoms with van der Waals surface area (Å²) in [6.45, 7) is 3.46. The van der Waals surface area contributed by atoms with Crippen LogP contribution in [-0.2, 0) is 0 Å². The van der Waals surface area contributed by atoms with Crippen LogP contribution in [0.15, 0.2) is 60.0 Å². The number of amidine groups is 1. The Labute approximate surface area is 124 Å². The van der Waals surface area contributed by atoms with Gasteiger partial charge in [0, 0.05) is 49.8 Å².